The second-order valence-electron chi connectivity index (χ2n) is 3.50. The summed E-state index contributed by atoms with van der Waals surface area (Å²) >= 11 is 0. The van der Waals surface area contributed by atoms with Crippen LogP contribution in [-0.2, 0) is 6.54 Å². The predicted molar refractivity (Wildman–Crippen MR) is 55.3 cm³/mol. The average molecular weight is 250 g/mol. The molecule has 5 nitrogen and oxygen atoms in total. The fraction of sp³-hybridized carbons (Fsp3) is 0.556. The van der Waals surface area contributed by atoms with Crippen molar-refractivity contribution >= 4 is 11.6 Å². The van der Waals surface area contributed by atoms with Gasteiger partial charge in [0.1, 0.15) is 6.54 Å². The minimum Gasteiger partial charge on any atom is -0.396 e. The highest BCUT2D eigenvalue weighted by Gasteiger charge is 2.29. The van der Waals surface area contributed by atoms with Crippen LogP contribution in [0, 0.1) is 0 Å². The molecule has 0 spiro atoms. The minimum absolute atomic E-state index is 0.0668. The zero-order valence-electron chi connectivity index (χ0n) is 9.21. The van der Waals surface area contributed by atoms with Crippen molar-refractivity contribution in [2.75, 3.05) is 12.3 Å². The molecule has 0 unspecified atom stereocenters. The Morgan fingerprint density at radius 1 is 1.59 bits per heavy atom. The van der Waals surface area contributed by atoms with Crippen LogP contribution in [0.1, 0.15) is 23.8 Å². The predicted octanol–water partition coefficient (Wildman–Crippen LogP) is 1.17. The Balaban J connectivity index is 2.78. The van der Waals surface area contributed by atoms with Gasteiger partial charge in [-0.05, 0) is 6.42 Å². The number of nitrogens with zero attached hydrogens (tertiary/aromatic N) is 2. The third-order valence-corrected chi connectivity index (χ3v) is 1.88. The molecular weight excluding hydrogens is 237 g/mol. The first kappa shape index (κ1) is 13.3. The van der Waals surface area contributed by atoms with Crippen LogP contribution in [0.25, 0.3) is 0 Å². The molecule has 0 aliphatic rings. The summed E-state index contributed by atoms with van der Waals surface area (Å²) in [6.45, 7) is 1.01. The van der Waals surface area contributed by atoms with Gasteiger partial charge in [0.2, 0.25) is 0 Å². The summed E-state index contributed by atoms with van der Waals surface area (Å²) in [6.07, 6.45) is -2.68. The lowest BCUT2D eigenvalue weighted by Crippen LogP contribution is -2.25. The van der Waals surface area contributed by atoms with E-state index in [1.807, 2.05) is 6.92 Å². The molecule has 0 radical (unpaired) electrons. The summed E-state index contributed by atoms with van der Waals surface area (Å²) in [5.74, 6) is -0.565. The Labute approximate surface area is 95.8 Å². The number of rotatable bonds is 4. The van der Waals surface area contributed by atoms with Crippen LogP contribution in [0.2, 0.25) is 0 Å². The number of nitrogen functional groups attached to an aromatic ring is 1. The Bertz CT molecular complexity index is 399. The van der Waals surface area contributed by atoms with Gasteiger partial charge in [-0.25, -0.2) is 0 Å². The first-order valence-corrected chi connectivity index (χ1v) is 5.01. The van der Waals surface area contributed by atoms with Crippen molar-refractivity contribution < 1.29 is 18.0 Å². The van der Waals surface area contributed by atoms with Crippen LogP contribution in [0.15, 0.2) is 6.20 Å². The molecule has 0 atom stereocenters. The first-order valence-electron chi connectivity index (χ1n) is 5.01. The molecule has 8 heteroatoms. The average Bonchev–Trinajstić information content (AvgIpc) is 2.53. The van der Waals surface area contributed by atoms with Gasteiger partial charge in [0, 0.05) is 12.7 Å². The highest BCUT2D eigenvalue weighted by atomic mass is 19.4. The molecule has 1 aromatic rings. The largest absolute Gasteiger partial charge is 0.408 e. The molecule has 1 heterocycles. The molecule has 0 saturated carbocycles. The van der Waals surface area contributed by atoms with Crippen molar-refractivity contribution in [2.45, 2.75) is 26.1 Å². The molecule has 1 aromatic heterocycles. The summed E-state index contributed by atoms with van der Waals surface area (Å²) in [6, 6.07) is 0. The Morgan fingerprint density at radius 2 is 2.24 bits per heavy atom. The van der Waals surface area contributed by atoms with Crippen molar-refractivity contribution in [1.29, 1.82) is 0 Å². The van der Waals surface area contributed by atoms with Gasteiger partial charge in [-0.15, -0.1) is 0 Å². The quantitative estimate of drug-likeness (QED) is 0.842. The lowest BCUT2D eigenvalue weighted by Gasteiger charge is -2.05. The highest BCUT2D eigenvalue weighted by Crippen LogP contribution is 2.18. The van der Waals surface area contributed by atoms with E-state index < -0.39 is 18.6 Å². The van der Waals surface area contributed by atoms with E-state index in [4.69, 9.17) is 5.73 Å². The second-order valence-corrected chi connectivity index (χ2v) is 3.50. The van der Waals surface area contributed by atoms with Gasteiger partial charge in [0.25, 0.3) is 5.91 Å². The minimum atomic E-state index is -4.39. The summed E-state index contributed by atoms with van der Waals surface area (Å²) in [5.41, 5.74) is 5.18. The summed E-state index contributed by atoms with van der Waals surface area (Å²) in [4.78, 5) is 11.5. The van der Waals surface area contributed by atoms with Crippen LogP contribution >= 0.6 is 0 Å². The van der Waals surface area contributed by atoms with Gasteiger partial charge in [-0.1, -0.05) is 6.92 Å². The fourth-order valence-corrected chi connectivity index (χ4v) is 1.20. The number of nitrogens with one attached hydrogen (secondary N) is 1. The first-order chi connectivity index (χ1) is 7.83. The monoisotopic (exact) mass is 250 g/mol. The molecule has 0 fully saturated rings. The van der Waals surface area contributed by atoms with Gasteiger partial charge in [-0.2, -0.15) is 18.3 Å². The van der Waals surface area contributed by atoms with Gasteiger partial charge < -0.3 is 11.1 Å². The number of carbonyl (C=O) groups is 1. The normalized spacial score (nSPS) is 11.5. The third kappa shape index (κ3) is 3.97. The van der Waals surface area contributed by atoms with Crippen LogP contribution in [0.5, 0.6) is 0 Å². The number of halogens is 3. The fourth-order valence-electron chi connectivity index (χ4n) is 1.20. The Hall–Kier alpha value is -1.73. The van der Waals surface area contributed by atoms with Crippen LogP contribution < -0.4 is 11.1 Å². The topological polar surface area (TPSA) is 72.9 Å². The second kappa shape index (κ2) is 5.07. The number of hydrogen-bond acceptors (Lipinski definition) is 3. The SMILES string of the molecule is CCCNC(=O)c1nn(CC(F)(F)F)cc1N. The number of nitrogens with two attached hydrogens (primary N) is 1. The van der Waals surface area contributed by atoms with Crippen molar-refractivity contribution in [3.05, 3.63) is 11.9 Å². The molecule has 96 valence electrons. The maximum atomic E-state index is 12.1. The molecule has 0 aliphatic heterocycles. The van der Waals surface area contributed by atoms with Gasteiger partial charge in [-0.3, -0.25) is 9.48 Å². The van der Waals surface area contributed by atoms with Crippen LogP contribution in [0.4, 0.5) is 18.9 Å². The van der Waals surface area contributed by atoms with E-state index in [0.717, 1.165) is 12.6 Å². The van der Waals surface area contributed by atoms with Crippen LogP contribution in [-0.4, -0.2) is 28.4 Å². The molecule has 17 heavy (non-hydrogen) atoms. The molecule has 1 amide bonds. The number of hydrogen-bond donors (Lipinski definition) is 2. The number of amides is 1. The van der Waals surface area contributed by atoms with E-state index in [2.05, 4.69) is 10.4 Å². The number of carbonyl (C=O) groups excluding carboxylic acids is 1. The van der Waals surface area contributed by atoms with Crippen LogP contribution in [0.3, 0.4) is 0 Å². The maximum Gasteiger partial charge on any atom is 0.408 e. The van der Waals surface area contributed by atoms with E-state index >= 15 is 0 Å². The Morgan fingerprint density at radius 3 is 2.76 bits per heavy atom. The molecular formula is C9H13F3N4O. The van der Waals surface area contributed by atoms with Crippen molar-refractivity contribution in [1.82, 2.24) is 15.1 Å². The zero-order valence-corrected chi connectivity index (χ0v) is 9.21. The molecule has 0 aromatic carbocycles. The van der Waals surface area contributed by atoms with Gasteiger partial charge in [0.15, 0.2) is 5.69 Å². The molecule has 0 bridgehead atoms. The van der Waals surface area contributed by atoms with E-state index in [1.165, 1.54) is 0 Å². The number of aromatic nitrogens is 2. The van der Waals surface area contributed by atoms with Crippen molar-refractivity contribution in [3.63, 3.8) is 0 Å². The lowest BCUT2D eigenvalue weighted by molar-refractivity contribution is -0.142. The molecule has 0 saturated heterocycles. The van der Waals surface area contributed by atoms with E-state index in [1.54, 1.807) is 0 Å². The molecule has 1 rings (SSSR count). The standard InChI is InChI=1S/C9H13F3N4O/c1-2-3-14-8(17)7-6(13)4-16(15-7)5-9(10,11)12/h4H,2-3,5,13H2,1H3,(H,14,17). The van der Waals surface area contributed by atoms with Crippen molar-refractivity contribution in [3.8, 4) is 0 Å². The Kier molecular flexibility index (Phi) is 3.97. The van der Waals surface area contributed by atoms with Gasteiger partial charge >= 0.3 is 6.18 Å². The summed E-state index contributed by atoms with van der Waals surface area (Å²) in [7, 11) is 0. The summed E-state index contributed by atoms with van der Waals surface area (Å²) < 4.78 is 36.9. The maximum absolute atomic E-state index is 12.1. The number of alkyl halides is 3. The molecule has 3 N–H and O–H groups in total. The molecule has 0 aliphatic carbocycles. The highest BCUT2D eigenvalue weighted by molar-refractivity contribution is 5.96. The smallest absolute Gasteiger partial charge is 0.396 e. The third-order valence-electron chi connectivity index (χ3n) is 1.88. The van der Waals surface area contributed by atoms with Crippen molar-refractivity contribution in [2.24, 2.45) is 0 Å². The van der Waals surface area contributed by atoms with E-state index in [9.17, 15) is 18.0 Å². The number of anilines is 1. The van der Waals surface area contributed by atoms with E-state index in [-0.39, 0.29) is 11.4 Å². The zero-order chi connectivity index (χ0) is 13.1. The van der Waals surface area contributed by atoms with Gasteiger partial charge in [0.05, 0.1) is 5.69 Å². The lowest BCUT2D eigenvalue weighted by atomic mass is 10.3. The van der Waals surface area contributed by atoms with E-state index in [0.29, 0.717) is 11.2 Å². The summed E-state index contributed by atoms with van der Waals surface area (Å²) in [5, 5.41) is 6.00.